The summed E-state index contributed by atoms with van der Waals surface area (Å²) in [5.41, 5.74) is 2.30. The number of ether oxygens (including phenoxy) is 2. The number of thiophene rings is 1. The lowest BCUT2D eigenvalue weighted by atomic mass is 9.97. The molecule has 0 spiro atoms. The van der Waals surface area contributed by atoms with Gasteiger partial charge in [-0.05, 0) is 48.9 Å². The van der Waals surface area contributed by atoms with E-state index in [2.05, 4.69) is 15.3 Å². The van der Waals surface area contributed by atoms with Gasteiger partial charge in [-0.1, -0.05) is 12.1 Å². The van der Waals surface area contributed by atoms with Gasteiger partial charge in [0.15, 0.2) is 6.61 Å². The Morgan fingerprint density at radius 3 is 2.81 bits per heavy atom. The molecule has 1 aliphatic carbocycles. The SMILES string of the molecule is COc1ccc(CNC(=O)COc2ncnc3sc4c(c23)CCCC4)cc1. The highest BCUT2D eigenvalue weighted by atomic mass is 32.1. The van der Waals surface area contributed by atoms with Crippen molar-refractivity contribution in [2.75, 3.05) is 13.7 Å². The van der Waals surface area contributed by atoms with Crippen LogP contribution in [-0.4, -0.2) is 29.6 Å². The van der Waals surface area contributed by atoms with Crippen molar-refractivity contribution in [3.8, 4) is 11.6 Å². The normalized spacial score (nSPS) is 13.2. The van der Waals surface area contributed by atoms with E-state index in [0.717, 1.165) is 34.4 Å². The number of nitrogens with zero attached hydrogens (tertiary/aromatic N) is 2. The number of hydrogen-bond acceptors (Lipinski definition) is 6. The van der Waals surface area contributed by atoms with Gasteiger partial charge < -0.3 is 14.8 Å². The lowest BCUT2D eigenvalue weighted by Gasteiger charge is -2.12. The highest BCUT2D eigenvalue weighted by Crippen LogP contribution is 2.38. The van der Waals surface area contributed by atoms with Gasteiger partial charge in [0.1, 0.15) is 16.9 Å². The van der Waals surface area contributed by atoms with Crippen molar-refractivity contribution in [2.45, 2.75) is 32.2 Å². The number of fused-ring (bicyclic) bond motifs is 3. The first-order chi connectivity index (χ1) is 13.2. The largest absolute Gasteiger partial charge is 0.497 e. The van der Waals surface area contributed by atoms with Crippen molar-refractivity contribution in [3.63, 3.8) is 0 Å². The molecule has 0 bridgehead atoms. The average Bonchev–Trinajstić information content (AvgIpc) is 3.10. The second-order valence-electron chi connectivity index (χ2n) is 6.48. The fourth-order valence-electron chi connectivity index (χ4n) is 3.30. The molecule has 1 aromatic carbocycles. The van der Waals surface area contributed by atoms with Crippen LogP contribution in [0.5, 0.6) is 11.6 Å². The van der Waals surface area contributed by atoms with Gasteiger partial charge >= 0.3 is 0 Å². The fraction of sp³-hybridized carbons (Fsp3) is 0.350. The van der Waals surface area contributed by atoms with Gasteiger partial charge in [0.25, 0.3) is 5.91 Å². The molecule has 0 fully saturated rings. The van der Waals surface area contributed by atoms with Crippen molar-refractivity contribution in [2.24, 2.45) is 0 Å². The zero-order chi connectivity index (χ0) is 18.6. The first-order valence-corrected chi connectivity index (χ1v) is 9.84. The van der Waals surface area contributed by atoms with E-state index >= 15 is 0 Å². The third kappa shape index (κ3) is 3.88. The van der Waals surface area contributed by atoms with E-state index in [1.54, 1.807) is 18.4 Å². The fourth-order valence-corrected chi connectivity index (χ4v) is 4.52. The summed E-state index contributed by atoms with van der Waals surface area (Å²) in [5.74, 6) is 1.13. The number of rotatable bonds is 6. The van der Waals surface area contributed by atoms with Crippen LogP contribution in [0.3, 0.4) is 0 Å². The predicted octanol–water partition coefficient (Wildman–Crippen LogP) is 3.27. The summed E-state index contributed by atoms with van der Waals surface area (Å²) < 4.78 is 10.9. The third-order valence-corrected chi connectivity index (χ3v) is 5.91. The summed E-state index contributed by atoms with van der Waals surface area (Å²) in [6.07, 6.45) is 6.03. The van der Waals surface area contributed by atoms with Crippen LogP contribution in [-0.2, 0) is 24.2 Å². The van der Waals surface area contributed by atoms with Crippen molar-refractivity contribution in [1.29, 1.82) is 0 Å². The quantitative estimate of drug-likeness (QED) is 0.707. The molecular weight excluding hydrogens is 362 g/mol. The molecule has 27 heavy (non-hydrogen) atoms. The number of aryl methyl sites for hydroxylation is 2. The lowest BCUT2D eigenvalue weighted by molar-refractivity contribution is -0.123. The van der Waals surface area contributed by atoms with Crippen LogP contribution in [0.25, 0.3) is 10.2 Å². The Morgan fingerprint density at radius 2 is 2.00 bits per heavy atom. The topological polar surface area (TPSA) is 73.3 Å². The minimum absolute atomic E-state index is 0.0626. The Morgan fingerprint density at radius 1 is 1.19 bits per heavy atom. The summed E-state index contributed by atoms with van der Waals surface area (Å²) >= 11 is 1.72. The third-order valence-electron chi connectivity index (χ3n) is 4.71. The Balaban J connectivity index is 1.39. The summed E-state index contributed by atoms with van der Waals surface area (Å²) in [5, 5.41) is 3.85. The van der Waals surface area contributed by atoms with E-state index in [1.807, 2.05) is 24.3 Å². The van der Waals surface area contributed by atoms with Gasteiger partial charge in [0.05, 0.1) is 12.5 Å². The smallest absolute Gasteiger partial charge is 0.258 e. The van der Waals surface area contributed by atoms with Crippen LogP contribution in [0.2, 0.25) is 0 Å². The molecule has 140 valence electrons. The molecule has 4 rings (SSSR count). The van der Waals surface area contributed by atoms with Gasteiger partial charge in [-0.3, -0.25) is 4.79 Å². The van der Waals surface area contributed by atoms with Crippen LogP contribution in [0.15, 0.2) is 30.6 Å². The Kier molecular flexibility index (Phi) is 5.20. The van der Waals surface area contributed by atoms with Crippen LogP contribution in [0.1, 0.15) is 28.8 Å². The molecule has 1 aliphatic rings. The minimum Gasteiger partial charge on any atom is -0.497 e. The van der Waals surface area contributed by atoms with Gasteiger partial charge in [0, 0.05) is 11.4 Å². The first kappa shape index (κ1) is 17.7. The zero-order valence-corrected chi connectivity index (χ0v) is 16.0. The maximum absolute atomic E-state index is 12.2. The van der Waals surface area contributed by atoms with E-state index in [4.69, 9.17) is 9.47 Å². The summed E-state index contributed by atoms with van der Waals surface area (Å²) in [6.45, 7) is 0.381. The Labute approximate surface area is 161 Å². The predicted molar refractivity (Wildman–Crippen MR) is 104 cm³/mol. The van der Waals surface area contributed by atoms with Crippen LogP contribution in [0, 0.1) is 0 Å². The molecule has 2 heterocycles. The number of amides is 1. The van der Waals surface area contributed by atoms with E-state index in [1.165, 1.54) is 29.6 Å². The molecule has 0 saturated carbocycles. The first-order valence-electron chi connectivity index (χ1n) is 9.02. The lowest BCUT2D eigenvalue weighted by Crippen LogP contribution is -2.28. The number of nitrogens with one attached hydrogen (secondary N) is 1. The molecule has 0 radical (unpaired) electrons. The second kappa shape index (κ2) is 7.92. The Hall–Kier alpha value is -2.67. The van der Waals surface area contributed by atoms with Crippen molar-refractivity contribution in [3.05, 3.63) is 46.6 Å². The van der Waals surface area contributed by atoms with Crippen molar-refractivity contribution in [1.82, 2.24) is 15.3 Å². The molecule has 7 heteroatoms. The molecule has 0 aliphatic heterocycles. The molecule has 0 atom stereocenters. The van der Waals surface area contributed by atoms with E-state index < -0.39 is 0 Å². The molecule has 2 aromatic heterocycles. The van der Waals surface area contributed by atoms with E-state index in [0.29, 0.717) is 12.4 Å². The van der Waals surface area contributed by atoms with Crippen molar-refractivity contribution >= 4 is 27.5 Å². The zero-order valence-electron chi connectivity index (χ0n) is 15.2. The monoisotopic (exact) mass is 383 g/mol. The molecule has 3 aromatic rings. The second-order valence-corrected chi connectivity index (χ2v) is 7.57. The number of benzene rings is 1. The van der Waals surface area contributed by atoms with Crippen LogP contribution >= 0.6 is 11.3 Å². The summed E-state index contributed by atoms with van der Waals surface area (Å²) in [7, 11) is 1.63. The standard InChI is InChI=1S/C20H21N3O3S/c1-25-14-8-6-13(7-9-14)10-21-17(24)11-26-19-18-15-4-2-3-5-16(15)27-20(18)23-12-22-19/h6-9,12H,2-5,10-11H2,1H3,(H,21,24). The average molecular weight is 383 g/mol. The van der Waals surface area contributed by atoms with E-state index in [-0.39, 0.29) is 12.5 Å². The van der Waals surface area contributed by atoms with Crippen molar-refractivity contribution < 1.29 is 14.3 Å². The highest BCUT2D eigenvalue weighted by Gasteiger charge is 2.20. The molecule has 1 N–H and O–H groups in total. The minimum atomic E-state index is -0.179. The van der Waals surface area contributed by atoms with Crippen LogP contribution < -0.4 is 14.8 Å². The molecule has 0 unspecified atom stereocenters. The van der Waals surface area contributed by atoms with Gasteiger partial charge in [-0.2, -0.15) is 0 Å². The number of hydrogen-bond donors (Lipinski definition) is 1. The maximum atomic E-state index is 12.2. The number of carbonyl (C=O) groups is 1. The number of methoxy groups -OCH3 is 1. The number of carbonyl (C=O) groups excluding carboxylic acids is 1. The molecule has 0 saturated heterocycles. The van der Waals surface area contributed by atoms with Gasteiger partial charge in [-0.25, -0.2) is 9.97 Å². The number of aromatic nitrogens is 2. The summed E-state index contributed by atoms with van der Waals surface area (Å²) in [6, 6.07) is 7.59. The Bertz CT molecular complexity index is 953. The highest BCUT2D eigenvalue weighted by molar-refractivity contribution is 7.18. The van der Waals surface area contributed by atoms with Gasteiger partial charge in [-0.15, -0.1) is 11.3 Å². The van der Waals surface area contributed by atoms with Gasteiger partial charge in [0.2, 0.25) is 5.88 Å². The molecule has 1 amide bonds. The maximum Gasteiger partial charge on any atom is 0.258 e. The molecular formula is C20H21N3O3S. The summed E-state index contributed by atoms with van der Waals surface area (Å²) in [4.78, 5) is 23.2. The van der Waals surface area contributed by atoms with E-state index in [9.17, 15) is 4.79 Å². The molecule has 6 nitrogen and oxygen atoms in total. The van der Waals surface area contributed by atoms with Crippen LogP contribution in [0.4, 0.5) is 0 Å².